The van der Waals surface area contributed by atoms with Gasteiger partial charge in [-0.15, -0.1) is 0 Å². The van der Waals surface area contributed by atoms with E-state index >= 15 is 0 Å². The van der Waals surface area contributed by atoms with Gasteiger partial charge >= 0.3 is 0 Å². The molecule has 0 N–H and O–H groups in total. The molecule has 1 heterocycles. The summed E-state index contributed by atoms with van der Waals surface area (Å²) in [6.07, 6.45) is 4.63. The Labute approximate surface area is 90.2 Å². The van der Waals surface area contributed by atoms with Crippen molar-refractivity contribution >= 4 is 8.07 Å². The fourth-order valence-corrected chi connectivity index (χ4v) is 5.57. The summed E-state index contributed by atoms with van der Waals surface area (Å²) in [6.45, 7) is 11.1. The molecule has 0 aromatic heterocycles. The highest BCUT2D eigenvalue weighted by atomic mass is 28.3. The van der Waals surface area contributed by atoms with Crippen LogP contribution in [0.5, 0.6) is 0 Å². The lowest BCUT2D eigenvalue weighted by Crippen LogP contribution is -2.33. The van der Waals surface area contributed by atoms with Crippen LogP contribution in [0.3, 0.4) is 0 Å². The van der Waals surface area contributed by atoms with E-state index in [1.165, 1.54) is 43.8 Å². The standard InChI is InChI=1S/C12H25NSi/c1-4-7-11-14(5-2,6-3)12-10-13-8-9-13/h4,7H,5-6,8-12H2,1-3H3. The molecule has 0 aromatic rings. The van der Waals surface area contributed by atoms with E-state index in [0.29, 0.717) is 0 Å². The van der Waals surface area contributed by atoms with E-state index in [1.54, 1.807) is 0 Å². The van der Waals surface area contributed by atoms with Gasteiger partial charge in [0, 0.05) is 13.1 Å². The molecule has 0 atom stereocenters. The predicted octanol–water partition coefficient (Wildman–Crippen LogP) is 3.37. The Morgan fingerprint density at radius 2 is 1.86 bits per heavy atom. The number of hydrogen-bond donors (Lipinski definition) is 0. The van der Waals surface area contributed by atoms with Gasteiger partial charge in [-0.1, -0.05) is 38.1 Å². The molecule has 0 saturated carbocycles. The Bertz CT molecular complexity index is 181. The molecule has 0 radical (unpaired) electrons. The summed E-state index contributed by atoms with van der Waals surface area (Å²) >= 11 is 0. The zero-order valence-corrected chi connectivity index (χ0v) is 11.1. The van der Waals surface area contributed by atoms with Crippen molar-refractivity contribution in [3.8, 4) is 0 Å². The number of nitrogens with zero attached hydrogens (tertiary/aromatic N) is 1. The Hall–Kier alpha value is -0.0831. The summed E-state index contributed by atoms with van der Waals surface area (Å²) in [5, 5.41) is 0. The normalized spacial score (nSPS) is 17.9. The summed E-state index contributed by atoms with van der Waals surface area (Å²) < 4.78 is 0. The third kappa shape index (κ3) is 3.58. The van der Waals surface area contributed by atoms with E-state index in [4.69, 9.17) is 0 Å². The van der Waals surface area contributed by atoms with E-state index in [9.17, 15) is 0 Å². The SMILES string of the molecule is CC=CC[Si](CC)(CC)CCN1CC1. The summed E-state index contributed by atoms with van der Waals surface area (Å²) in [5.41, 5.74) is 0. The summed E-state index contributed by atoms with van der Waals surface area (Å²) in [6, 6.07) is 5.85. The maximum atomic E-state index is 2.57. The lowest BCUT2D eigenvalue weighted by Gasteiger charge is -2.28. The van der Waals surface area contributed by atoms with Crippen molar-refractivity contribution in [1.82, 2.24) is 4.90 Å². The molecule has 1 rings (SSSR count). The van der Waals surface area contributed by atoms with Gasteiger partial charge in [0.25, 0.3) is 0 Å². The van der Waals surface area contributed by atoms with Gasteiger partial charge in [-0.25, -0.2) is 0 Å². The zero-order chi connectivity index (χ0) is 10.4. The van der Waals surface area contributed by atoms with Crippen molar-refractivity contribution in [3.05, 3.63) is 12.2 Å². The molecule has 82 valence electrons. The molecule has 1 fully saturated rings. The van der Waals surface area contributed by atoms with Crippen molar-refractivity contribution in [1.29, 1.82) is 0 Å². The van der Waals surface area contributed by atoms with Gasteiger partial charge in [0.05, 0.1) is 8.07 Å². The number of hydrogen-bond acceptors (Lipinski definition) is 1. The van der Waals surface area contributed by atoms with E-state index in [-0.39, 0.29) is 0 Å². The van der Waals surface area contributed by atoms with Crippen molar-refractivity contribution in [2.75, 3.05) is 19.6 Å². The lowest BCUT2D eigenvalue weighted by atomic mass is 10.6. The van der Waals surface area contributed by atoms with E-state index in [0.717, 1.165) is 0 Å². The molecule has 0 amide bonds. The van der Waals surface area contributed by atoms with E-state index in [1.807, 2.05) is 0 Å². The minimum absolute atomic E-state index is 0.916. The van der Waals surface area contributed by atoms with Crippen LogP contribution in [0, 0.1) is 0 Å². The summed E-state index contributed by atoms with van der Waals surface area (Å²) in [7, 11) is -0.916. The first-order valence-electron chi connectivity index (χ1n) is 6.10. The second-order valence-electron chi connectivity index (χ2n) is 4.57. The van der Waals surface area contributed by atoms with Crippen molar-refractivity contribution in [3.63, 3.8) is 0 Å². The topological polar surface area (TPSA) is 3.01 Å². The molecule has 0 bridgehead atoms. The van der Waals surface area contributed by atoms with Gasteiger partial charge in [0.2, 0.25) is 0 Å². The average molecular weight is 211 g/mol. The van der Waals surface area contributed by atoms with Crippen LogP contribution in [0.1, 0.15) is 20.8 Å². The Kier molecular flexibility index (Phi) is 4.89. The highest BCUT2D eigenvalue weighted by Crippen LogP contribution is 2.27. The number of allylic oxidation sites excluding steroid dienone is 2. The van der Waals surface area contributed by atoms with Crippen molar-refractivity contribution < 1.29 is 0 Å². The molecular formula is C12H25NSi. The van der Waals surface area contributed by atoms with Gasteiger partial charge in [0.1, 0.15) is 0 Å². The largest absolute Gasteiger partial charge is 0.301 e. The molecular weight excluding hydrogens is 186 g/mol. The predicted molar refractivity (Wildman–Crippen MR) is 67.6 cm³/mol. The molecule has 0 aliphatic carbocycles. The van der Waals surface area contributed by atoms with Crippen LogP contribution in [0.15, 0.2) is 12.2 Å². The Morgan fingerprint density at radius 1 is 1.21 bits per heavy atom. The van der Waals surface area contributed by atoms with Gasteiger partial charge in [0.15, 0.2) is 0 Å². The van der Waals surface area contributed by atoms with Gasteiger partial charge in [-0.2, -0.15) is 0 Å². The summed E-state index contributed by atoms with van der Waals surface area (Å²) in [5.74, 6) is 0. The fraction of sp³-hybridized carbons (Fsp3) is 0.833. The van der Waals surface area contributed by atoms with E-state index in [2.05, 4.69) is 37.8 Å². The van der Waals surface area contributed by atoms with Crippen LogP contribution in [-0.4, -0.2) is 32.6 Å². The average Bonchev–Trinajstić information content (AvgIpc) is 3.03. The summed E-state index contributed by atoms with van der Waals surface area (Å²) in [4.78, 5) is 2.57. The molecule has 1 aliphatic heterocycles. The third-order valence-electron chi connectivity index (χ3n) is 3.78. The van der Waals surface area contributed by atoms with Crippen molar-refractivity contribution in [2.45, 2.75) is 44.9 Å². The third-order valence-corrected chi connectivity index (χ3v) is 9.17. The minimum Gasteiger partial charge on any atom is -0.301 e. The highest BCUT2D eigenvalue weighted by molar-refractivity contribution is 6.80. The van der Waals surface area contributed by atoms with Gasteiger partial charge in [-0.05, 0) is 25.6 Å². The highest BCUT2D eigenvalue weighted by Gasteiger charge is 2.29. The van der Waals surface area contributed by atoms with Gasteiger partial charge < -0.3 is 4.90 Å². The molecule has 2 heteroatoms. The first-order chi connectivity index (χ1) is 6.76. The molecule has 1 saturated heterocycles. The molecule has 1 nitrogen and oxygen atoms in total. The van der Waals surface area contributed by atoms with Crippen LogP contribution in [-0.2, 0) is 0 Å². The minimum atomic E-state index is -0.916. The zero-order valence-electron chi connectivity index (χ0n) is 10.1. The van der Waals surface area contributed by atoms with Crippen LogP contribution in [0.25, 0.3) is 0 Å². The molecule has 0 unspecified atom stereocenters. The molecule has 0 aromatic carbocycles. The number of rotatable bonds is 7. The molecule has 1 aliphatic rings. The van der Waals surface area contributed by atoms with Crippen LogP contribution in [0.4, 0.5) is 0 Å². The van der Waals surface area contributed by atoms with E-state index < -0.39 is 8.07 Å². The van der Waals surface area contributed by atoms with Crippen LogP contribution in [0.2, 0.25) is 24.2 Å². The maximum absolute atomic E-state index is 2.57. The Balaban J connectivity index is 2.39. The maximum Gasteiger partial charge on any atom is 0.0580 e. The molecule has 0 spiro atoms. The van der Waals surface area contributed by atoms with Crippen LogP contribution < -0.4 is 0 Å². The second kappa shape index (κ2) is 5.71. The van der Waals surface area contributed by atoms with Gasteiger partial charge in [-0.3, -0.25) is 0 Å². The quantitative estimate of drug-likeness (QED) is 0.354. The first kappa shape index (κ1) is 12.0. The molecule has 14 heavy (non-hydrogen) atoms. The van der Waals surface area contributed by atoms with Crippen molar-refractivity contribution in [2.24, 2.45) is 0 Å². The lowest BCUT2D eigenvalue weighted by molar-refractivity contribution is 0.588. The van der Waals surface area contributed by atoms with Crippen LogP contribution >= 0.6 is 0 Å². The second-order valence-corrected chi connectivity index (χ2v) is 9.89. The fourth-order valence-electron chi connectivity index (χ4n) is 2.05. The smallest absolute Gasteiger partial charge is 0.0580 e. The first-order valence-corrected chi connectivity index (χ1v) is 8.92. The monoisotopic (exact) mass is 211 g/mol. The Morgan fingerprint density at radius 3 is 2.29 bits per heavy atom.